The fraction of sp³-hybridized carbons (Fsp3) is 0.600. The van der Waals surface area contributed by atoms with E-state index in [0.717, 1.165) is 17.7 Å². The van der Waals surface area contributed by atoms with E-state index in [-0.39, 0.29) is 11.4 Å². The molecule has 110 valence electrons. The number of hydrogen-bond donors (Lipinski definition) is 2. The van der Waals surface area contributed by atoms with Gasteiger partial charge in [-0.15, -0.1) is 11.8 Å². The lowest BCUT2D eigenvalue weighted by Gasteiger charge is -2.28. The van der Waals surface area contributed by atoms with Crippen molar-refractivity contribution in [2.75, 3.05) is 12.3 Å². The summed E-state index contributed by atoms with van der Waals surface area (Å²) in [7, 11) is 0. The number of pyridine rings is 1. The van der Waals surface area contributed by atoms with Crippen molar-refractivity contribution in [3.63, 3.8) is 0 Å². The van der Waals surface area contributed by atoms with Gasteiger partial charge in [0.15, 0.2) is 0 Å². The van der Waals surface area contributed by atoms with Crippen LogP contribution in [0, 0.1) is 0 Å². The highest BCUT2D eigenvalue weighted by Crippen LogP contribution is 2.24. The Bertz CT molecular complexity index is 416. The Kier molecular flexibility index (Phi) is 5.86. The Morgan fingerprint density at radius 3 is 2.55 bits per heavy atom. The average molecular weight is 293 g/mol. The van der Waals surface area contributed by atoms with E-state index < -0.39 is 0 Å². The fourth-order valence-corrected chi connectivity index (χ4v) is 3.23. The summed E-state index contributed by atoms with van der Waals surface area (Å²) in [6, 6.07) is 3.82. The maximum Gasteiger partial charge on any atom is 0.230 e. The van der Waals surface area contributed by atoms with Gasteiger partial charge in [-0.1, -0.05) is 25.7 Å². The zero-order valence-corrected chi connectivity index (χ0v) is 12.6. The molecule has 0 unspecified atom stereocenters. The monoisotopic (exact) mass is 293 g/mol. The standard InChI is InChI=1S/C15H23N3OS/c16-15(7-3-1-2-4-8-15)12-18-14(19)11-20-13-5-9-17-10-6-13/h5-6,9-10H,1-4,7-8,11-12,16H2,(H,18,19). The number of nitrogens with two attached hydrogens (primary N) is 1. The number of nitrogens with zero attached hydrogens (tertiary/aromatic N) is 1. The average Bonchev–Trinajstić information content (AvgIpc) is 2.69. The highest BCUT2D eigenvalue weighted by atomic mass is 32.2. The minimum absolute atomic E-state index is 0.0564. The summed E-state index contributed by atoms with van der Waals surface area (Å²) in [6.45, 7) is 0.600. The van der Waals surface area contributed by atoms with Gasteiger partial charge in [0.1, 0.15) is 0 Å². The summed E-state index contributed by atoms with van der Waals surface area (Å²) >= 11 is 1.53. The molecule has 0 radical (unpaired) electrons. The van der Waals surface area contributed by atoms with Gasteiger partial charge in [0.2, 0.25) is 5.91 Å². The maximum atomic E-state index is 11.9. The van der Waals surface area contributed by atoms with Gasteiger partial charge in [-0.05, 0) is 25.0 Å². The molecule has 1 aromatic rings. The lowest BCUT2D eigenvalue weighted by Crippen LogP contribution is -2.50. The van der Waals surface area contributed by atoms with Crippen LogP contribution >= 0.6 is 11.8 Å². The van der Waals surface area contributed by atoms with Crippen molar-refractivity contribution in [2.45, 2.75) is 49.0 Å². The van der Waals surface area contributed by atoms with Gasteiger partial charge in [0.25, 0.3) is 0 Å². The Morgan fingerprint density at radius 2 is 1.90 bits per heavy atom. The third-order valence-corrected chi connectivity index (χ3v) is 4.77. The maximum absolute atomic E-state index is 11.9. The normalized spacial score (nSPS) is 18.2. The lowest BCUT2D eigenvalue weighted by molar-refractivity contribution is -0.118. The van der Waals surface area contributed by atoms with E-state index in [1.54, 1.807) is 12.4 Å². The molecule has 1 fully saturated rings. The molecule has 1 saturated carbocycles. The lowest BCUT2D eigenvalue weighted by atomic mass is 9.91. The number of amides is 1. The second-order valence-electron chi connectivity index (χ2n) is 5.52. The van der Waals surface area contributed by atoms with Crippen LogP contribution in [-0.4, -0.2) is 28.7 Å². The minimum Gasteiger partial charge on any atom is -0.354 e. The largest absolute Gasteiger partial charge is 0.354 e. The number of aromatic nitrogens is 1. The van der Waals surface area contributed by atoms with E-state index in [4.69, 9.17) is 5.73 Å². The van der Waals surface area contributed by atoms with Crippen molar-refractivity contribution >= 4 is 17.7 Å². The van der Waals surface area contributed by atoms with Gasteiger partial charge in [-0.3, -0.25) is 9.78 Å². The minimum atomic E-state index is -0.201. The Labute approximate surface area is 124 Å². The molecule has 4 nitrogen and oxygen atoms in total. The molecule has 0 saturated heterocycles. The van der Waals surface area contributed by atoms with E-state index in [9.17, 15) is 4.79 Å². The third kappa shape index (κ3) is 5.13. The van der Waals surface area contributed by atoms with Gasteiger partial charge in [0, 0.05) is 29.4 Å². The second kappa shape index (κ2) is 7.64. The Hall–Kier alpha value is -1.07. The second-order valence-corrected chi connectivity index (χ2v) is 6.57. The van der Waals surface area contributed by atoms with Gasteiger partial charge in [0.05, 0.1) is 5.75 Å². The van der Waals surface area contributed by atoms with Crippen LogP contribution in [0.4, 0.5) is 0 Å². The number of thioether (sulfide) groups is 1. The predicted octanol–water partition coefficient (Wildman–Crippen LogP) is 2.34. The van der Waals surface area contributed by atoms with E-state index in [0.29, 0.717) is 12.3 Å². The number of carbonyl (C=O) groups is 1. The molecule has 0 atom stereocenters. The smallest absolute Gasteiger partial charge is 0.230 e. The Morgan fingerprint density at radius 1 is 1.25 bits per heavy atom. The first-order valence-corrected chi connectivity index (χ1v) is 8.25. The SMILES string of the molecule is NC1(CNC(=O)CSc2ccncc2)CCCCCC1. The van der Waals surface area contributed by atoms with Crippen LogP contribution in [0.15, 0.2) is 29.4 Å². The summed E-state index contributed by atoms with van der Waals surface area (Å²) < 4.78 is 0. The fourth-order valence-electron chi connectivity index (χ4n) is 2.52. The van der Waals surface area contributed by atoms with Gasteiger partial charge in [-0.2, -0.15) is 0 Å². The van der Waals surface area contributed by atoms with Gasteiger partial charge < -0.3 is 11.1 Å². The van der Waals surface area contributed by atoms with Crippen molar-refractivity contribution in [1.82, 2.24) is 10.3 Å². The number of hydrogen-bond acceptors (Lipinski definition) is 4. The van der Waals surface area contributed by atoms with E-state index in [1.807, 2.05) is 12.1 Å². The highest BCUT2D eigenvalue weighted by molar-refractivity contribution is 8.00. The zero-order chi connectivity index (χ0) is 14.3. The summed E-state index contributed by atoms with van der Waals surface area (Å²) in [6.07, 6.45) is 10.4. The molecule has 1 aliphatic carbocycles. The number of rotatable bonds is 5. The third-order valence-electron chi connectivity index (χ3n) is 3.76. The molecule has 0 spiro atoms. The van der Waals surface area contributed by atoms with Crippen LogP contribution in [0.25, 0.3) is 0 Å². The van der Waals surface area contributed by atoms with Gasteiger partial charge >= 0.3 is 0 Å². The van der Waals surface area contributed by atoms with Crippen molar-refractivity contribution in [3.8, 4) is 0 Å². The van der Waals surface area contributed by atoms with E-state index in [1.165, 1.54) is 37.4 Å². The van der Waals surface area contributed by atoms with Crippen molar-refractivity contribution in [1.29, 1.82) is 0 Å². The van der Waals surface area contributed by atoms with Crippen molar-refractivity contribution in [2.24, 2.45) is 5.73 Å². The van der Waals surface area contributed by atoms with Gasteiger partial charge in [-0.25, -0.2) is 0 Å². The molecule has 1 amide bonds. The first-order chi connectivity index (χ1) is 9.68. The molecule has 0 bridgehead atoms. The summed E-state index contributed by atoms with van der Waals surface area (Å²) in [5, 5.41) is 2.99. The van der Waals surface area contributed by atoms with Crippen molar-refractivity contribution < 1.29 is 4.79 Å². The van der Waals surface area contributed by atoms with Crippen LogP contribution in [-0.2, 0) is 4.79 Å². The molecule has 0 aliphatic heterocycles. The quantitative estimate of drug-likeness (QED) is 0.646. The van der Waals surface area contributed by atoms with Crippen LogP contribution < -0.4 is 11.1 Å². The first kappa shape index (κ1) is 15.3. The molecule has 1 aliphatic rings. The van der Waals surface area contributed by atoms with Crippen molar-refractivity contribution in [3.05, 3.63) is 24.5 Å². The van der Waals surface area contributed by atoms with E-state index >= 15 is 0 Å². The van der Waals surface area contributed by atoms with Crippen LogP contribution in [0.3, 0.4) is 0 Å². The molecule has 2 rings (SSSR count). The van der Waals surface area contributed by atoms with Crippen LogP contribution in [0.5, 0.6) is 0 Å². The molecular formula is C15H23N3OS. The summed E-state index contributed by atoms with van der Waals surface area (Å²) in [4.78, 5) is 16.9. The topological polar surface area (TPSA) is 68.0 Å². The van der Waals surface area contributed by atoms with Crippen LogP contribution in [0.1, 0.15) is 38.5 Å². The summed E-state index contributed by atoms with van der Waals surface area (Å²) in [5.41, 5.74) is 6.18. The predicted molar refractivity (Wildman–Crippen MR) is 82.6 cm³/mol. The molecule has 1 heterocycles. The number of carbonyl (C=O) groups excluding carboxylic acids is 1. The molecule has 20 heavy (non-hydrogen) atoms. The molecular weight excluding hydrogens is 270 g/mol. The Balaban J connectivity index is 1.71. The molecule has 5 heteroatoms. The zero-order valence-electron chi connectivity index (χ0n) is 11.8. The number of nitrogens with one attached hydrogen (secondary N) is 1. The molecule has 3 N–H and O–H groups in total. The molecule has 0 aromatic carbocycles. The highest BCUT2D eigenvalue weighted by Gasteiger charge is 2.26. The molecule has 1 aromatic heterocycles. The first-order valence-electron chi connectivity index (χ1n) is 7.26. The van der Waals surface area contributed by atoms with Crippen LogP contribution in [0.2, 0.25) is 0 Å². The summed E-state index contributed by atoms with van der Waals surface area (Å²) in [5.74, 6) is 0.487. The van der Waals surface area contributed by atoms with E-state index in [2.05, 4.69) is 10.3 Å².